The molecule has 1 unspecified atom stereocenters. The third kappa shape index (κ3) is 5.43. The molecule has 0 radical (unpaired) electrons. The van der Waals surface area contributed by atoms with Gasteiger partial charge in [0, 0.05) is 19.5 Å². The van der Waals surface area contributed by atoms with Gasteiger partial charge in [-0.3, -0.25) is 4.79 Å². The first-order valence-corrected chi connectivity index (χ1v) is 7.23. The van der Waals surface area contributed by atoms with Gasteiger partial charge in [-0.2, -0.15) is 0 Å². The fourth-order valence-corrected chi connectivity index (χ4v) is 2.14. The predicted molar refractivity (Wildman–Crippen MR) is 79.6 cm³/mol. The Hall–Kier alpha value is -1.35. The second-order valence-corrected chi connectivity index (χ2v) is 5.01. The van der Waals surface area contributed by atoms with Crippen LogP contribution in [0.1, 0.15) is 38.7 Å². The maximum atomic E-state index is 12.3. The van der Waals surface area contributed by atoms with Crippen molar-refractivity contribution in [1.29, 1.82) is 0 Å². The molecular formula is C16H26N2O. The highest BCUT2D eigenvalue weighted by Gasteiger charge is 2.17. The molecule has 3 heteroatoms. The maximum absolute atomic E-state index is 12.3. The SMILES string of the molecule is CCCN(Cc1ccccc1)C(=O)CC(CC)CN. The summed E-state index contributed by atoms with van der Waals surface area (Å²) in [6, 6.07) is 10.2. The van der Waals surface area contributed by atoms with E-state index in [0.29, 0.717) is 25.4 Å². The zero-order valence-electron chi connectivity index (χ0n) is 12.1. The molecule has 2 N–H and O–H groups in total. The van der Waals surface area contributed by atoms with E-state index in [2.05, 4.69) is 26.0 Å². The monoisotopic (exact) mass is 262 g/mol. The summed E-state index contributed by atoms with van der Waals surface area (Å²) in [5.41, 5.74) is 6.87. The fourth-order valence-electron chi connectivity index (χ4n) is 2.14. The van der Waals surface area contributed by atoms with E-state index < -0.39 is 0 Å². The lowest BCUT2D eigenvalue weighted by molar-refractivity contribution is -0.132. The number of benzene rings is 1. The topological polar surface area (TPSA) is 46.3 Å². The minimum absolute atomic E-state index is 0.225. The molecule has 1 atom stereocenters. The lowest BCUT2D eigenvalue weighted by Gasteiger charge is -2.24. The van der Waals surface area contributed by atoms with Crippen LogP contribution in [0.3, 0.4) is 0 Å². The molecule has 3 nitrogen and oxygen atoms in total. The molecule has 0 aliphatic heterocycles. The Bertz CT molecular complexity index is 360. The summed E-state index contributed by atoms with van der Waals surface area (Å²) in [5.74, 6) is 0.533. The Morgan fingerprint density at radius 3 is 2.47 bits per heavy atom. The Kier molecular flexibility index (Phi) is 7.19. The van der Waals surface area contributed by atoms with Gasteiger partial charge in [-0.05, 0) is 24.4 Å². The van der Waals surface area contributed by atoms with Gasteiger partial charge in [-0.25, -0.2) is 0 Å². The van der Waals surface area contributed by atoms with Crippen LogP contribution in [0.2, 0.25) is 0 Å². The van der Waals surface area contributed by atoms with Crippen LogP contribution < -0.4 is 5.73 Å². The van der Waals surface area contributed by atoms with Crippen LogP contribution in [0.15, 0.2) is 30.3 Å². The van der Waals surface area contributed by atoms with E-state index in [1.165, 1.54) is 5.56 Å². The number of carbonyl (C=O) groups excluding carboxylic acids is 1. The molecule has 0 aliphatic rings. The largest absolute Gasteiger partial charge is 0.338 e. The first kappa shape index (κ1) is 15.7. The summed E-state index contributed by atoms with van der Waals surface area (Å²) < 4.78 is 0. The Balaban J connectivity index is 2.63. The summed E-state index contributed by atoms with van der Waals surface area (Å²) in [6.45, 7) is 6.30. The lowest BCUT2D eigenvalue weighted by Crippen LogP contribution is -2.33. The number of hydrogen-bond donors (Lipinski definition) is 1. The van der Waals surface area contributed by atoms with Gasteiger partial charge in [-0.1, -0.05) is 50.6 Å². The number of hydrogen-bond acceptors (Lipinski definition) is 2. The van der Waals surface area contributed by atoms with Gasteiger partial charge >= 0.3 is 0 Å². The predicted octanol–water partition coefficient (Wildman–Crippen LogP) is 2.80. The average Bonchev–Trinajstić information content (AvgIpc) is 2.45. The minimum Gasteiger partial charge on any atom is -0.338 e. The molecule has 0 fully saturated rings. The number of amides is 1. The van der Waals surface area contributed by atoms with Crippen molar-refractivity contribution in [1.82, 2.24) is 4.90 Å². The van der Waals surface area contributed by atoms with Crippen molar-refractivity contribution >= 4 is 5.91 Å². The normalized spacial score (nSPS) is 12.2. The van der Waals surface area contributed by atoms with Crippen LogP contribution in [0.4, 0.5) is 0 Å². The average molecular weight is 262 g/mol. The van der Waals surface area contributed by atoms with Crippen molar-refractivity contribution in [3.05, 3.63) is 35.9 Å². The van der Waals surface area contributed by atoms with Crippen LogP contribution in [0, 0.1) is 5.92 Å². The van der Waals surface area contributed by atoms with E-state index in [9.17, 15) is 4.79 Å². The Labute approximate surface area is 116 Å². The van der Waals surface area contributed by atoms with Crippen molar-refractivity contribution in [3.8, 4) is 0 Å². The zero-order valence-corrected chi connectivity index (χ0v) is 12.1. The van der Waals surface area contributed by atoms with Crippen molar-refractivity contribution in [2.75, 3.05) is 13.1 Å². The maximum Gasteiger partial charge on any atom is 0.223 e. The fraction of sp³-hybridized carbons (Fsp3) is 0.562. The second kappa shape index (κ2) is 8.70. The van der Waals surface area contributed by atoms with Crippen LogP contribution in [0.25, 0.3) is 0 Å². The van der Waals surface area contributed by atoms with E-state index in [-0.39, 0.29) is 5.91 Å². The first-order chi connectivity index (χ1) is 9.21. The highest BCUT2D eigenvalue weighted by molar-refractivity contribution is 5.76. The van der Waals surface area contributed by atoms with Gasteiger partial charge < -0.3 is 10.6 Å². The highest BCUT2D eigenvalue weighted by Crippen LogP contribution is 2.12. The molecule has 106 valence electrons. The van der Waals surface area contributed by atoms with E-state index in [1.54, 1.807) is 0 Å². The van der Waals surface area contributed by atoms with Crippen molar-refractivity contribution in [2.24, 2.45) is 11.7 Å². The smallest absolute Gasteiger partial charge is 0.223 e. The molecule has 0 bridgehead atoms. The molecule has 1 rings (SSSR count). The molecule has 0 aromatic heterocycles. The number of rotatable bonds is 8. The molecule has 1 aromatic rings. The lowest BCUT2D eigenvalue weighted by atomic mass is 10.0. The van der Waals surface area contributed by atoms with Gasteiger partial charge in [0.1, 0.15) is 0 Å². The molecule has 0 saturated carbocycles. The van der Waals surface area contributed by atoms with Crippen molar-refractivity contribution in [2.45, 2.75) is 39.7 Å². The number of carbonyl (C=O) groups is 1. The quantitative estimate of drug-likeness (QED) is 0.783. The van der Waals surface area contributed by atoms with E-state index >= 15 is 0 Å². The molecule has 19 heavy (non-hydrogen) atoms. The minimum atomic E-state index is 0.225. The first-order valence-electron chi connectivity index (χ1n) is 7.23. The standard InChI is InChI=1S/C16H26N2O/c1-3-10-18(13-15-8-6-5-7-9-15)16(19)11-14(4-2)12-17/h5-9,14H,3-4,10-13,17H2,1-2H3. The van der Waals surface area contributed by atoms with Crippen LogP contribution in [-0.2, 0) is 11.3 Å². The highest BCUT2D eigenvalue weighted by atomic mass is 16.2. The second-order valence-electron chi connectivity index (χ2n) is 5.01. The van der Waals surface area contributed by atoms with Gasteiger partial charge in [-0.15, -0.1) is 0 Å². The van der Waals surface area contributed by atoms with Crippen LogP contribution >= 0.6 is 0 Å². The molecule has 0 spiro atoms. The summed E-state index contributed by atoms with van der Waals surface area (Å²) in [7, 11) is 0. The summed E-state index contributed by atoms with van der Waals surface area (Å²) in [6.07, 6.45) is 2.52. The van der Waals surface area contributed by atoms with Gasteiger partial charge in [0.05, 0.1) is 0 Å². The molecule has 1 amide bonds. The van der Waals surface area contributed by atoms with Gasteiger partial charge in [0.15, 0.2) is 0 Å². The molecule has 0 heterocycles. The van der Waals surface area contributed by atoms with Gasteiger partial charge in [0.2, 0.25) is 5.91 Å². The third-order valence-corrected chi connectivity index (χ3v) is 3.44. The summed E-state index contributed by atoms with van der Waals surface area (Å²) in [5, 5.41) is 0. The number of nitrogens with zero attached hydrogens (tertiary/aromatic N) is 1. The van der Waals surface area contributed by atoms with E-state index in [1.807, 2.05) is 23.1 Å². The number of nitrogens with two attached hydrogens (primary N) is 1. The molecule has 0 saturated heterocycles. The van der Waals surface area contributed by atoms with E-state index in [0.717, 1.165) is 19.4 Å². The molecule has 1 aromatic carbocycles. The molecular weight excluding hydrogens is 236 g/mol. The van der Waals surface area contributed by atoms with Crippen LogP contribution in [-0.4, -0.2) is 23.9 Å². The zero-order chi connectivity index (χ0) is 14.1. The van der Waals surface area contributed by atoms with Crippen LogP contribution in [0.5, 0.6) is 0 Å². The summed E-state index contributed by atoms with van der Waals surface area (Å²) in [4.78, 5) is 14.3. The third-order valence-electron chi connectivity index (χ3n) is 3.44. The van der Waals surface area contributed by atoms with Gasteiger partial charge in [0.25, 0.3) is 0 Å². The Morgan fingerprint density at radius 1 is 1.26 bits per heavy atom. The van der Waals surface area contributed by atoms with E-state index in [4.69, 9.17) is 5.73 Å². The molecule has 0 aliphatic carbocycles. The summed E-state index contributed by atoms with van der Waals surface area (Å²) >= 11 is 0. The van der Waals surface area contributed by atoms with Crippen molar-refractivity contribution < 1.29 is 4.79 Å². The van der Waals surface area contributed by atoms with Crippen molar-refractivity contribution in [3.63, 3.8) is 0 Å². The Morgan fingerprint density at radius 2 is 1.95 bits per heavy atom.